The molecule has 98 valence electrons. The fourth-order valence-corrected chi connectivity index (χ4v) is 2.34. The Morgan fingerprint density at radius 3 is 2.37 bits per heavy atom. The standard InChI is InChI=1S/C12H8Cl3N3O/c13-7-3-8(14)11(9(15)4-7)18-17-10(5-16)12(19)6-1-2-6/h3-4,6,18H,1-2H2/b17-10+. The molecule has 0 bridgehead atoms. The van der Waals surface area contributed by atoms with E-state index in [2.05, 4.69) is 10.5 Å². The summed E-state index contributed by atoms with van der Waals surface area (Å²) in [6, 6.07) is 4.74. The number of carbonyl (C=O) groups excluding carboxylic acids is 1. The summed E-state index contributed by atoms with van der Waals surface area (Å²) in [4.78, 5) is 11.7. The first kappa shape index (κ1) is 14.1. The van der Waals surface area contributed by atoms with Gasteiger partial charge in [-0.2, -0.15) is 10.4 Å². The molecule has 4 nitrogen and oxygen atoms in total. The van der Waals surface area contributed by atoms with Crippen molar-refractivity contribution in [3.05, 3.63) is 27.2 Å². The van der Waals surface area contributed by atoms with Gasteiger partial charge in [-0.1, -0.05) is 34.8 Å². The van der Waals surface area contributed by atoms with Crippen molar-refractivity contribution in [2.75, 3.05) is 5.43 Å². The van der Waals surface area contributed by atoms with E-state index in [0.29, 0.717) is 10.7 Å². The lowest BCUT2D eigenvalue weighted by Crippen LogP contribution is -2.15. The second-order valence-corrected chi connectivity index (χ2v) is 5.32. The monoisotopic (exact) mass is 315 g/mol. The molecule has 1 fully saturated rings. The summed E-state index contributed by atoms with van der Waals surface area (Å²) in [6.45, 7) is 0. The molecule has 0 heterocycles. The zero-order chi connectivity index (χ0) is 14.0. The summed E-state index contributed by atoms with van der Waals surface area (Å²) in [7, 11) is 0. The van der Waals surface area contributed by atoms with Crippen LogP contribution in [0.2, 0.25) is 15.1 Å². The Morgan fingerprint density at radius 2 is 1.89 bits per heavy atom. The third-order valence-corrected chi connectivity index (χ3v) is 3.39. The Balaban J connectivity index is 2.21. The Labute approximate surface area is 124 Å². The number of halogens is 3. The first-order chi connectivity index (χ1) is 9.02. The van der Waals surface area contributed by atoms with Gasteiger partial charge >= 0.3 is 0 Å². The molecule has 19 heavy (non-hydrogen) atoms. The van der Waals surface area contributed by atoms with E-state index in [1.54, 1.807) is 6.07 Å². The lowest BCUT2D eigenvalue weighted by atomic mass is 10.2. The van der Waals surface area contributed by atoms with Crippen LogP contribution in [-0.4, -0.2) is 11.5 Å². The first-order valence-corrected chi connectivity index (χ1v) is 6.59. The van der Waals surface area contributed by atoms with Crippen LogP contribution in [-0.2, 0) is 4.79 Å². The van der Waals surface area contributed by atoms with Gasteiger partial charge in [0, 0.05) is 10.9 Å². The maximum Gasteiger partial charge on any atom is 0.203 e. The molecule has 2 rings (SSSR count). The van der Waals surface area contributed by atoms with E-state index in [-0.39, 0.29) is 27.5 Å². The molecule has 7 heteroatoms. The molecule has 0 spiro atoms. The highest BCUT2D eigenvalue weighted by atomic mass is 35.5. The SMILES string of the molecule is N#C/C(=N\Nc1c(Cl)cc(Cl)cc1Cl)C(=O)C1CC1. The predicted octanol–water partition coefficient (Wildman–Crippen LogP) is 3.92. The molecule has 0 aromatic heterocycles. The van der Waals surface area contributed by atoms with Gasteiger partial charge in [-0.3, -0.25) is 10.2 Å². The zero-order valence-electron chi connectivity index (χ0n) is 9.58. The van der Waals surface area contributed by atoms with E-state index < -0.39 is 0 Å². The lowest BCUT2D eigenvalue weighted by molar-refractivity contribution is -0.113. The third-order valence-electron chi connectivity index (χ3n) is 2.57. The Morgan fingerprint density at radius 1 is 1.32 bits per heavy atom. The van der Waals surface area contributed by atoms with Crippen LogP contribution >= 0.6 is 34.8 Å². The van der Waals surface area contributed by atoms with E-state index >= 15 is 0 Å². The van der Waals surface area contributed by atoms with Gasteiger partial charge in [0.15, 0.2) is 5.78 Å². The number of rotatable bonds is 4. The number of carbonyl (C=O) groups is 1. The number of hydrogen-bond donors (Lipinski definition) is 1. The van der Waals surface area contributed by atoms with E-state index in [0.717, 1.165) is 12.8 Å². The van der Waals surface area contributed by atoms with Crippen molar-refractivity contribution in [2.24, 2.45) is 11.0 Å². The van der Waals surface area contributed by atoms with E-state index in [1.807, 2.05) is 0 Å². The van der Waals surface area contributed by atoms with Crippen LogP contribution in [0.1, 0.15) is 12.8 Å². The molecule has 1 aliphatic rings. The minimum atomic E-state index is -0.254. The van der Waals surface area contributed by atoms with Crippen LogP contribution in [0.15, 0.2) is 17.2 Å². The highest BCUT2D eigenvalue weighted by Gasteiger charge is 2.33. The fraction of sp³-hybridized carbons (Fsp3) is 0.250. The highest BCUT2D eigenvalue weighted by molar-refractivity contribution is 6.47. The van der Waals surface area contributed by atoms with E-state index in [4.69, 9.17) is 40.1 Å². The molecule has 0 atom stereocenters. The van der Waals surface area contributed by atoms with Crippen molar-refractivity contribution in [1.29, 1.82) is 5.26 Å². The van der Waals surface area contributed by atoms with Crippen LogP contribution in [0.25, 0.3) is 0 Å². The topological polar surface area (TPSA) is 65.2 Å². The number of ketones is 1. The van der Waals surface area contributed by atoms with Crippen LogP contribution in [0.5, 0.6) is 0 Å². The van der Waals surface area contributed by atoms with E-state index in [9.17, 15) is 4.79 Å². The van der Waals surface area contributed by atoms with Gasteiger partial charge in [0.2, 0.25) is 5.71 Å². The summed E-state index contributed by atoms with van der Waals surface area (Å²) in [5.74, 6) is -0.326. The Bertz CT molecular complexity index is 580. The van der Waals surface area contributed by atoms with Gasteiger partial charge in [0.05, 0.1) is 15.7 Å². The number of nitrogens with zero attached hydrogens (tertiary/aromatic N) is 2. The first-order valence-electron chi connectivity index (χ1n) is 5.45. The molecule has 1 aromatic carbocycles. The van der Waals surface area contributed by atoms with Crippen LogP contribution < -0.4 is 5.43 Å². The Kier molecular flexibility index (Phi) is 4.31. The van der Waals surface area contributed by atoms with Crippen LogP contribution in [0.3, 0.4) is 0 Å². The highest BCUT2D eigenvalue weighted by Crippen LogP contribution is 2.34. The maximum absolute atomic E-state index is 11.7. The molecule has 0 amide bonds. The number of hydrazone groups is 1. The van der Waals surface area contributed by atoms with Crippen LogP contribution in [0.4, 0.5) is 5.69 Å². The smallest absolute Gasteiger partial charge is 0.203 e. The lowest BCUT2D eigenvalue weighted by Gasteiger charge is -2.06. The van der Waals surface area contributed by atoms with Crippen molar-refractivity contribution in [2.45, 2.75) is 12.8 Å². The minimum absolute atomic E-state index is 0.0728. The second-order valence-electron chi connectivity index (χ2n) is 4.07. The molecule has 1 aliphatic carbocycles. The number of Topliss-reactive ketones (excluding diaryl/α,β-unsaturated/α-hetero) is 1. The van der Waals surface area contributed by atoms with Gasteiger partial charge < -0.3 is 0 Å². The van der Waals surface area contributed by atoms with Crippen molar-refractivity contribution in [1.82, 2.24) is 0 Å². The number of nitrogens with one attached hydrogen (secondary N) is 1. The molecular formula is C12H8Cl3N3O. The van der Waals surface area contributed by atoms with Crippen LogP contribution in [0, 0.1) is 17.2 Å². The van der Waals surface area contributed by atoms with Gasteiger partial charge in [-0.15, -0.1) is 0 Å². The molecule has 0 radical (unpaired) electrons. The van der Waals surface area contributed by atoms with Crippen molar-refractivity contribution >= 4 is 52.0 Å². The van der Waals surface area contributed by atoms with E-state index in [1.165, 1.54) is 12.1 Å². The van der Waals surface area contributed by atoms with Gasteiger partial charge in [0.25, 0.3) is 0 Å². The molecule has 0 unspecified atom stereocenters. The number of anilines is 1. The summed E-state index contributed by atoms with van der Waals surface area (Å²) < 4.78 is 0. The zero-order valence-corrected chi connectivity index (χ0v) is 11.9. The molecule has 1 N–H and O–H groups in total. The molecular weight excluding hydrogens is 309 g/mol. The average Bonchev–Trinajstić information content (AvgIpc) is 3.16. The summed E-state index contributed by atoms with van der Waals surface area (Å²) in [6.07, 6.45) is 1.62. The summed E-state index contributed by atoms with van der Waals surface area (Å²) in [5.41, 5.74) is 2.68. The van der Waals surface area contributed by atoms with Crippen molar-refractivity contribution in [3.8, 4) is 6.07 Å². The molecule has 0 saturated heterocycles. The van der Waals surface area contributed by atoms with Crippen molar-refractivity contribution in [3.63, 3.8) is 0 Å². The number of nitriles is 1. The third kappa shape index (κ3) is 3.38. The largest absolute Gasteiger partial charge is 0.291 e. The summed E-state index contributed by atoms with van der Waals surface area (Å²) in [5, 5.41) is 13.6. The molecule has 1 saturated carbocycles. The minimum Gasteiger partial charge on any atom is -0.291 e. The summed E-state index contributed by atoms with van der Waals surface area (Å²) >= 11 is 17.7. The maximum atomic E-state index is 11.7. The molecule has 0 aliphatic heterocycles. The van der Waals surface area contributed by atoms with Crippen molar-refractivity contribution < 1.29 is 4.79 Å². The second kappa shape index (κ2) is 5.79. The number of hydrogen-bond acceptors (Lipinski definition) is 4. The molecule has 1 aromatic rings. The quantitative estimate of drug-likeness (QED) is 0.676. The van der Waals surface area contributed by atoms with Gasteiger partial charge in [-0.25, -0.2) is 0 Å². The number of benzene rings is 1. The predicted molar refractivity (Wildman–Crippen MR) is 75.9 cm³/mol. The Hall–Kier alpha value is -1.28. The van der Waals surface area contributed by atoms with Gasteiger partial charge in [-0.05, 0) is 25.0 Å². The fourth-order valence-electron chi connectivity index (χ4n) is 1.43. The average molecular weight is 317 g/mol. The normalized spacial score (nSPS) is 14.9. The van der Waals surface area contributed by atoms with Gasteiger partial charge in [0.1, 0.15) is 6.07 Å².